The van der Waals surface area contributed by atoms with E-state index in [1.54, 1.807) is 4.68 Å². The van der Waals surface area contributed by atoms with Gasteiger partial charge in [-0.15, -0.1) is 0 Å². The summed E-state index contributed by atoms with van der Waals surface area (Å²) in [5.74, 6) is 0.809. The van der Waals surface area contributed by atoms with E-state index >= 15 is 0 Å². The fraction of sp³-hybridized carbons (Fsp3) is 0.400. The van der Waals surface area contributed by atoms with E-state index in [0.29, 0.717) is 6.04 Å². The molecule has 0 aliphatic carbocycles. The molecule has 3 rings (SSSR count). The fourth-order valence-electron chi connectivity index (χ4n) is 2.95. The van der Waals surface area contributed by atoms with Crippen LogP contribution in [0.1, 0.15) is 36.2 Å². The quantitative estimate of drug-likeness (QED) is 0.917. The largest absolute Gasteiger partial charge is 0.384 e. The van der Waals surface area contributed by atoms with Crippen molar-refractivity contribution in [1.82, 2.24) is 14.7 Å². The summed E-state index contributed by atoms with van der Waals surface area (Å²) in [5.41, 5.74) is 9.82. The van der Waals surface area contributed by atoms with Crippen molar-refractivity contribution in [3.8, 4) is 0 Å². The highest BCUT2D eigenvalue weighted by molar-refractivity contribution is 5.47. The Bertz CT molecular complexity index is 573. The molecule has 4 nitrogen and oxygen atoms in total. The molecule has 4 heteroatoms. The van der Waals surface area contributed by atoms with Crippen LogP contribution < -0.4 is 5.73 Å². The lowest BCUT2D eigenvalue weighted by molar-refractivity contribution is 0.196. The Kier molecular flexibility index (Phi) is 3.03. The Labute approximate surface area is 113 Å². The number of benzene rings is 1. The Balaban J connectivity index is 1.86. The number of nitrogens with zero attached hydrogens (tertiary/aromatic N) is 3. The molecule has 0 radical (unpaired) electrons. The zero-order valence-corrected chi connectivity index (χ0v) is 11.5. The van der Waals surface area contributed by atoms with Gasteiger partial charge in [-0.25, -0.2) is 0 Å². The van der Waals surface area contributed by atoms with Crippen LogP contribution in [0.2, 0.25) is 0 Å². The van der Waals surface area contributed by atoms with E-state index in [2.05, 4.69) is 47.3 Å². The molecule has 0 amide bonds. The number of rotatable bonds is 3. The zero-order chi connectivity index (χ0) is 13.4. The molecule has 2 heterocycles. The van der Waals surface area contributed by atoms with Crippen LogP contribution in [0.5, 0.6) is 0 Å². The van der Waals surface area contributed by atoms with Crippen LogP contribution in [0, 0.1) is 0 Å². The first-order valence-electron chi connectivity index (χ1n) is 6.80. The summed E-state index contributed by atoms with van der Waals surface area (Å²) < 4.78 is 1.80. The molecule has 0 bridgehead atoms. The molecule has 19 heavy (non-hydrogen) atoms. The molecule has 2 N–H and O–H groups in total. The van der Waals surface area contributed by atoms with Crippen molar-refractivity contribution >= 4 is 5.82 Å². The fourth-order valence-corrected chi connectivity index (χ4v) is 2.95. The zero-order valence-electron chi connectivity index (χ0n) is 11.5. The number of aromatic nitrogens is 2. The molecule has 1 unspecified atom stereocenters. The molecule has 100 valence electrons. The molecule has 0 saturated carbocycles. The van der Waals surface area contributed by atoms with Gasteiger partial charge in [-0.1, -0.05) is 37.3 Å². The third-order valence-corrected chi connectivity index (χ3v) is 3.96. The molecule has 2 aromatic rings. The minimum Gasteiger partial charge on any atom is -0.384 e. The number of fused-ring (bicyclic) bond motifs is 1. The standard InChI is InChI=1S/C15H20N4/c1-3-13-14-12(15(16)18(2)17-14)10-19(13)9-11-7-5-4-6-8-11/h4-8,13H,3,9-10,16H2,1-2H3. The first kappa shape index (κ1) is 12.2. The lowest BCUT2D eigenvalue weighted by Gasteiger charge is -2.23. The smallest absolute Gasteiger partial charge is 0.126 e. The maximum absolute atomic E-state index is 6.10. The van der Waals surface area contributed by atoms with Crippen LogP contribution in [-0.2, 0) is 20.1 Å². The topological polar surface area (TPSA) is 47.1 Å². The highest BCUT2D eigenvalue weighted by atomic mass is 15.3. The number of nitrogens with two attached hydrogens (primary N) is 1. The normalized spacial score (nSPS) is 18.7. The van der Waals surface area contributed by atoms with Crippen LogP contribution in [0.4, 0.5) is 5.82 Å². The molecule has 1 atom stereocenters. The van der Waals surface area contributed by atoms with Crippen LogP contribution >= 0.6 is 0 Å². The maximum Gasteiger partial charge on any atom is 0.126 e. The average molecular weight is 256 g/mol. The minimum absolute atomic E-state index is 0.388. The minimum atomic E-state index is 0.388. The van der Waals surface area contributed by atoms with Gasteiger partial charge in [0.15, 0.2) is 0 Å². The van der Waals surface area contributed by atoms with Crippen LogP contribution in [-0.4, -0.2) is 14.7 Å². The number of nitrogen functional groups attached to an aromatic ring is 1. The summed E-state index contributed by atoms with van der Waals surface area (Å²) in [6.07, 6.45) is 1.07. The van der Waals surface area contributed by atoms with Gasteiger partial charge in [0.1, 0.15) is 5.82 Å². The van der Waals surface area contributed by atoms with Crippen LogP contribution in [0.15, 0.2) is 30.3 Å². The maximum atomic E-state index is 6.10. The van der Waals surface area contributed by atoms with Gasteiger partial charge in [-0.3, -0.25) is 9.58 Å². The second kappa shape index (κ2) is 4.70. The highest BCUT2D eigenvalue weighted by Crippen LogP contribution is 2.38. The van der Waals surface area contributed by atoms with Crippen molar-refractivity contribution in [2.75, 3.05) is 5.73 Å². The lowest BCUT2D eigenvalue weighted by atomic mass is 10.1. The van der Waals surface area contributed by atoms with Crippen LogP contribution in [0.25, 0.3) is 0 Å². The van der Waals surface area contributed by atoms with Crippen molar-refractivity contribution < 1.29 is 0 Å². The van der Waals surface area contributed by atoms with E-state index in [4.69, 9.17) is 5.73 Å². The SMILES string of the molecule is CCC1c2nn(C)c(N)c2CN1Cc1ccccc1. The first-order valence-corrected chi connectivity index (χ1v) is 6.80. The summed E-state index contributed by atoms with van der Waals surface area (Å²) >= 11 is 0. The Hall–Kier alpha value is -1.81. The van der Waals surface area contributed by atoms with Gasteiger partial charge in [0.25, 0.3) is 0 Å². The summed E-state index contributed by atoms with van der Waals surface area (Å²) in [5, 5.41) is 4.58. The predicted molar refractivity (Wildman–Crippen MR) is 76.3 cm³/mol. The van der Waals surface area contributed by atoms with Crippen molar-refractivity contribution in [3.05, 3.63) is 47.2 Å². The predicted octanol–water partition coefficient (Wildman–Crippen LogP) is 2.47. The van der Waals surface area contributed by atoms with Crippen LogP contribution in [0.3, 0.4) is 0 Å². The van der Waals surface area contributed by atoms with Gasteiger partial charge in [-0.05, 0) is 12.0 Å². The second-order valence-electron chi connectivity index (χ2n) is 5.19. The molecular formula is C15H20N4. The van der Waals surface area contributed by atoms with Gasteiger partial charge < -0.3 is 5.73 Å². The summed E-state index contributed by atoms with van der Waals surface area (Å²) in [6.45, 7) is 4.07. The van der Waals surface area contributed by atoms with Gasteiger partial charge in [0, 0.05) is 25.7 Å². The van der Waals surface area contributed by atoms with Crippen molar-refractivity contribution in [2.45, 2.75) is 32.5 Å². The van der Waals surface area contributed by atoms with E-state index in [9.17, 15) is 0 Å². The summed E-state index contributed by atoms with van der Waals surface area (Å²) in [7, 11) is 1.92. The summed E-state index contributed by atoms with van der Waals surface area (Å²) in [6, 6.07) is 11.0. The molecule has 1 aliphatic rings. The van der Waals surface area contributed by atoms with Crippen molar-refractivity contribution in [3.63, 3.8) is 0 Å². The van der Waals surface area contributed by atoms with Crippen molar-refractivity contribution in [1.29, 1.82) is 0 Å². The molecule has 1 aliphatic heterocycles. The monoisotopic (exact) mass is 256 g/mol. The molecule has 1 aromatic carbocycles. The molecule has 1 aromatic heterocycles. The summed E-state index contributed by atoms with van der Waals surface area (Å²) in [4.78, 5) is 2.46. The van der Waals surface area contributed by atoms with Crippen molar-refractivity contribution in [2.24, 2.45) is 7.05 Å². The average Bonchev–Trinajstić information content (AvgIpc) is 2.88. The molecule has 0 spiro atoms. The number of aryl methyl sites for hydroxylation is 1. The van der Waals surface area contributed by atoms with Gasteiger partial charge >= 0.3 is 0 Å². The van der Waals surface area contributed by atoms with Gasteiger partial charge in [0.05, 0.1) is 11.7 Å². The molecule has 0 fully saturated rings. The Morgan fingerprint density at radius 1 is 1.32 bits per heavy atom. The third kappa shape index (κ3) is 2.02. The van der Waals surface area contributed by atoms with E-state index < -0.39 is 0 Å². The Morgan fingerprint density at radius 3 is 2.74 bits per heavy atom. The lowest BCUT2D eigenvalue weighted by Crippen LogP contribution is -2.22. The second-order valence-corrected chi connectivity index (χ2v) is 5.19. The van der Waals surface area contributed by atoms with E-state index in [1.807, 2.05) is 7.05 Å². The Morgan fingerprint density at radius 2 is 2.05 bits per heavy atom. The third-order valence-electron chi connectivity index (χ3n) is 3.96. The number of anilines is 1. The molecular weight excluding hydrogens is 236 g/mol. The van der Waals surface area contributed by atoms with E-state index in [1.165, 1.54) is 16.8 Å². The van der Waals surface area contributed by atoms with E-state index in [0.717, 1.165) is 25.3 Å². The number of hydrogen-bond donors (Lipinski definition) is 1. The highest BCUT2D eigenvalue weighted by Gasteiger charge is 2.33. The van der Waals surface area contributed by atoms with Gasteiger partial charge in [-0.2, -0.15) is 5.10 Å². The first-order chi connectivity index (χ1) is 9.20. The van der Waals surface area contributed by atoms with E-state index in [-0.39, 0.29) is 0 Å². The van der Waals surface area contributed by atoms with Gasteiger partial charge in [0.2, 0.25) is 0 Å². The molecule has 0 saturated heterocycles. The number of hydrogen-bond acceptors (Lipinski definition) is 3.